The van der Waals surface area contributed by atoms with Gasteiger partial charge in [0.15, 0.2) is 0 Å². The number of phenolic OH excluding ortho intramolecular Hbond substituents is 8. The van der Waals surface area contributed by atoms with Crippen LogP contribution in [-0.2, 0) is 0 Å². The molecule has 3 aliphatic rings. The van der Waals surface area contributed by atoms with Gasteiger partial charge in [0.1, 0.15) is 57.8 Å². The fourth-order valence-electron chi connectivity index (χ4n) is 9.02. The van der Waals surface area contributed by atoms with E-state index < -0.39 is 23.9 Å². The van der Waals surface area contributed by atoms with Crippen molar-refractivity contribution < 1.29 is 45.6 Å². The second-order valence-electron chi connectivity index (χ2n) is 13.7. The van der Waals surface area contributed by atoms with Crippen molar-refractivity contribution in [1.82, 2.24) is 0 Å². The molecule has 0 spiro atoms. The van der Waals surface area contributed by atoms with Crippen molar-refractivity contribution in [2.24, 2.45) is 0 Å². The molecule has 0 amide bonds. The van der Waals surface area contributed by atoms with Gasteiger partial charge in [-0.15, -0.1) is 0 Å². The van der Waals surface area contributed by atoms with E-state index in [0.717, 1.165) is 27.8 Å². The lowest BCUT2D eigenvalue weighted by molar-refractivity contribution is 0.220. The largest absolute Gasteiger partial charge is 0.508 e. The molecule has 8 N–H and O–H groups in total. The summed E-state index contributed by atoms with van der Waals surface area (Å²) in [7, 11) is 0. The first-order valence-corrected chi connectivity index (χ1v) is 16.6. The summed E-state index contributed by atoms with van der Waals surface area (Å²) < 4.78 is 6.95. The fourth-order valence-corrected chi connectivity index (χ4v) is 9.02. The van der Waals surface area contributed by atoms with Crippen LogP contribution in [0.5, 0.6) is 51.7 Å². The zero-order valence-electron chi connectivity index (χ0n) is 26.8. The lowest BCUT2D eigenvalue weighted by Crippen LogP contribution is -2.12. The summed E-state index contributed by atoms with van der Waals surface area (Å²) in [6.45, 7) is 0. The van der Waals surface area contributed by atoms with E-state index in [9.17, 15) is 40.9 Å². The third-order valence-electron chi connectivity index (χ3n) is 10.9. The van der Waals surface area contributed by atoms with E-state index in [4.69, 9.17) is 4.74 Å². The van der Waals surface area contributed by atoms with Gasteiger partial charge in [-0.2, -0.15) is 0 Å². The summed E-state index contributed by atoms with van der Waals surface area (Å²) in [5.74, 6) is -2.21. The van der Waals surface area contributed by atoms with Crippen LogP contribution in [0.2, 0.25) is 0 Å². The number of benzene rings is 6. The van der Waals surface area contributed by atoms with Crippen LogP contribution in [0.1, 0.15) is 85.8 Å². The first kappa shape index (κ1) is 30.6. The maximum atomic E-state index is 12.1. The molecule has 0 saturated carbocycles. The van der Waals surface area contributed by atoms with Crippen LogP contribution in [0.4, 0.5) is 0 Å². The topological polar surface area (TPSA) is 171 Å². The van der Waals surface area contributed by atoms with Gasteiger partial charge in [0.25, 0.3) is 0 Å². The molecule has 1 heterocycles. The molecule has 6 atom stereocenters. The standard InChI is InChI=1S/C42H32O9/c43-23-7-1-19(2-8-23)33-36-29(16-28(48)17-31(36)49)37-34(20-3-9-24(44)10-4-20)39-30(38(33)37)18-32(50)40-35(22-13-26(46)15-27(47)14-22)41(51-42(39)40)21-5-11-25(45)12-6-21/h1-18,33-35,37-38,41,43-50H/t33-,34+,35?,37+,38+,41?/m1/s1. The minimum Gasteiger partial charge on any atom is -0.508 e. The highest BCUT2D eigenvalue weighted by molar-refractivity contribution is 5.72. The normalized spacial score (nSPS) is 22.5. The highest BCUT2D eigenvalue weighted by Gasteiger charge is 2.56. The highest BCUT2D eigenvalue weighted by atomic mass is 16.5. The van der Waals surface area contributed by atoms with Gasteiger partial charge in [-0.3, -0.25) is 0 Å². The Kier molecular flexibility index (Phi) is 6.60. The molecule has 0 bridgehead atoms. The van der Waals surface area contributed by atoms with Crippen LogP contribution < -0.4 is 4.74 Å². The molecule has 2 unspecified atom stereocenters. The molecule has 51 heavy (non-hydrogen) atoms. The SMILES string of the molecule is Oc1ccc(C2Oc3c(c(O)cc4c3[C@@H](c3ccc(O)cc3)[C@@H]3c5cc(O)cc(O)c5[C@@H](c5ccc(O)cc5)[C@H]43)C2c2cc(O)cc(O)c2)cc1. The molecule has 2 aliphatic carbocycles. The molecule has 0 radical (unpaired) electrons. The van der Waals surface area contributed by atoms with Crippen LogP contribution in [0, 0.1) is 0 Å². The number of phenols is 8. The van der Waals surface area contributed by atoms with Gasteiger partial charge in [0, 0.05) is 52.5 Å². The number of fused-ring (bicyclic) bond motifs is 7. The number of hydrogen-bond acceptors (Lipinski definition) is 9. The maximum absolute atomic E-state index is 12.1. The Morgan fingerprint density at radius 3 is 1.35 bits per heavy atom. The van der Waals surface area contributed by atoms with Gasteiger partial charge in [-0.25, -0.2) is 0 Å². The second kappa shape index (κ2) is 11.0. The summed E-state index contributed by atoms with van der Waals surface area (Å²) in [4.78, 5) is 0. The summed E-state index contributed by atoms with van der Waals surface area (Å²) >= 11 is 0. The Morgan fingerprint density at radius 1 is 0.353 bits per heavy atom. The first-order chi connectivity index (χ1) is 24.6. The molecule has 1 aliphatic heterocycles. The second-order valence-corrected chi connectivity index (χ2v) is 13.7. The Labute approximate surface area is 291 Å². The Hall–Kier alpha value is -6.48. The van der Waals surface area contributed by atoms with Crippen molar-refractivity contribution >= 4 is 0 Å². The predicted molar refractivity (Wildman–Crippen MR) is 186 cm³/mol. The number of hydrogen-bond donors (Lipinski definition) is 8. The molecular formula is C42H32O9. The summed E-state index contributed by atoms with van der Waals surface area (Å²) in [6, 6.07) is 29.2. The predicted octanol–water partition coefficient (Wildman–Crippen LogP) is 7.76. The lowest BCUT2D eigenvalue weighted by Gasteiger charge is -2.24. The third-order valence-corrected chi connectivity index (χ3v) is 10.9. The number of ether oxygens (including phenoxy) is 1. The van der Waals surface area contributed by atoms with E-state index in [1.165, 1.54) is 24.3 Å². The van der Waals surface area contributed by atoms with Gasteiger partial charge < -0.3 is 45.6 Å². The molecule has 254 valence electrons. The van der Waals surface area contributed by atoms with Crippen LogP contribution in [0.15, 0.2) is 109 Å². The first-order valence-electron chi connectivity index (χ1n) is 16.6. The number of aromatic hydroxyl groups is 8. The Bertz CT molecular complexity index is 2330. The highest BCUT2D eigenvalue weighted by Crippen LogP contribution is 2.71. The van der Waals surface area contributed by atoms with Gasteiger partial charge in [-0.1, -0.05) is 36.4 Å². The van der Waals surface area contributed by atoms with Crippen molar-refractivity contribution in [3.63, 3.8) is 0 Å². The van der Waals surface area contributed by atoms with Gasteiger partial charge in [0.05, 0.1) is 5.92 Å². The third kappa shape index (κ3) is 4.61. The average molecular weight is 681 g/mol. The van der Waals surface area contributed by atoms with Crippen LogP contribution in [-0.4, -0.2) is 40.9 Å². The molecule has 0 fully saturated rings. The van der Waals surface area contributed by atoms with Crippen molar-refractivity contribution in [3.05, 3.63) is 159 Å². The van der Waals surface area contributed by atoms with Crippen molar-refractivity contribution in [1.29, 1.82) is 0 Å². The minimum absolute atomic E-state index is 0.0598. The monoisotopic (exact) mass is 680 g/mol. The van der Waals surface area contributed by atoms with Crippen LogP contribution in [0.3, 0.4) is 0 Å². The minimum atomic E-state index is -0.742. The maximum Gasteiger partial charge on any atom is 0.135 e. The lowest BCUT2D eigenvalue weighted by atomic mass is 9.79. The zero-order chi connectivity index (χ0) is 35.3. The Morgan fingerprint density at radius 2 is 0.804 bits per heavy atom. The Balaban J connectivity index is 1.34. The summed E-state index contributed by atoms with van der Waals surface area (Å²) in [5.41, 5.74) is 6.21. The van der Waals surface area contributed by atoms with Crippen LogP contribution in [0.25, 0.3) is 0 Å². The smallest absolute Gasteiger partial charge is 0.135 e. The van der Waals surface area contributed by atoms with Crippen molar-refractivity contribution in [2.75, 3.05) is 0 Å². The van der Waals surface area contributed by atoms with Crippen LogP contribution >= 0.6 is 0 Å². The molecule has 0 aromatic heterocycles. The van der Waals surface area contributed by atoms with Crippen molar-refractivity contribution in [3.8, 4) is 51.7 Å². The average Bonchev–Trinajstić information content (AvgIpc) is 3.75. The molecule has 0 saturated heterocycles. The molecule has 9 nitrogen and oxygen atoms in total. The summed E-state index contributed by atoms with van der Waals surface area (Å²) in [5, 5.41) is 86.1. The molecule has 6 aromatic carbocycles. The molecule has 9 rings (SSSR count). The van der Waals surface area contributed by atoms with E-state index in [1.54, 1.807) is 72.8 Å². The van der Waals surface area contributed by atoms with E-state index >= 15 is 0 Å². The molecule has 6 aromatic rings. The number of rotatable bonds is 4. The van der Waals surface area contributed by atoms with Gasteiger partial charge in [0.2, 0.25) is 0 Å². The quantitative estimate of drug-likeness (QED) is 0.0927. The van der Waals surface area contributed by atoms with Gasteiger partial charge >= 0.3 is 0 Å². The molecular weight excluding hydrogens is 648 g/mol. The zero-order valence-corrected chi connectivity index (χ0v) is 26.8. The van der Waals surface area contributed by atoms with E-state index in [0.29, 0.717) is 28.0 Å². The van der Waals surface area contributed by atoms with E-state index in [1.807, 2.05) is 12.1 Å². The fraction of sp³-hybridized carbons (Fsp3) is 0.143. The van der Waals surface area contributed by atoms with E-state index in [2.05, 4.69) is 0 Å². The van der Waals surface area contributed by atoms with Gasteiger partial charge in [-0.05, 0) is 94.0 Å². The van der Waals surface area contributed by atoms with Crippen molar-refractivity contribution in [2.45, 2.75) is 35.7 Å². The molecule has 9 heteroatoms. The summed E-state index contributed by atoms with van der Waals surface area (Å²) in [6.07, 6.45) is -0.742. The van der Waals surface area contributed by atoms with E-state index in [-0.39, 0.29) is 57.8 Å².